The van der Waals surface area contributed by atoms with E-state index in [-0.39, 0.29) is 6.17 Å². The van der Waals surface area contributed by atoms with Gasteiger partial charge in [-0.1, -0.05) is 37.6 Å². The van der Waals surface area contributed by atoms with Crippen molar-refractivity contribution in [2.24, 2.45) is 10.7 Å². The van der Waals surface area contributed by atoms with E-state index in [2.05, 4.69) is 58.5 Å². The molecular weight excluding hydrogens is 466 g/mol. The zero-order valence-corrected chi connectivity index (χ0v) is 22.6. The van der Waals surface area contributed by atoms with Gasteiger partial charge in [-0.2, -0.15) is 0 Å². The van der Waals surface area contributed by atoms with Gasteiger partial charge in [-0.25, -0.2) is 4.99 Å². The minimum atomic E-state index is 0.202. The number of ether oxygens (including phenoxy) is 1. The topological polar surface area (TPSA) is 66.1 Å². The maximum atomic E-state index is 6.27. The Morgan fingerprint density at radius 1 is 1.19 bits per heavy atom. The molecule has 36 heavy (non-hydrogen) atoms. The SMILES string of the molecule is CC/C=C(\C=C/COCC)CC1Nc2cc(N=C(N)c3cccs3)ccc2N1CCN1CCCCC1. The fourth-order valence-corrected chi connectivity index (χ4v) is 5.59. The number of nitrogens with two attached hydrogens (primary N) is 1. The van der Waals surface area contributed by atoms with E-state index in [1.165, 1.54) is 43.6 Å². The Bertz CT molecular complexity index is 1040. The van der Waals surface area contributed by atoms with Crippen LogP contribution in [0.3, 0.4) is 0 Å². The quantitative estimate of drug-likeness (QED) is 0.156. The molecule has 0 amide bonds. The smallest absolute Gasteiger partial charge is 0.141 e. The van der Waals surface area contributed by atoms with E-state index in [1.54, 1.807) is 11.3 Å². The number of aliphatic imine (C=N–C) groups is 1. The molecule has 3 heterocycles. The first-order chi connectivity index (χ1) is 17.7. The minimum Gasteiger partial charge on any atom is -0.383 e. The molecule has 1 saturated heterocycles. The van der Waals surface area contributed by atoms with Crippen molar-refractivity contribution in [3.63, 3.8) is 0 Å². The average molecular weight is 508 g/mol. The number of thiophene rings is 1. The first-order valence-corrected chi connectivity index (χ1v) is 14.3. The number of nitrogens with zero attached hydrogens (tertiary/aromatic N) is 3. The molecule has 0 bridgehead atoms. The number of hydrogen-bond donors (Lipinski definition) is 2. The summed E-state index contributed by atoms with van der Waals surface area (Å²) in [4.78, 5) is 10.9. The van der Waals surface area contributed by atoms with Crippen molar-refractivity contribution in [3.05, 3.63) is 64.4 Å². The molecule has 1 fully saturated rings. The molecular formula is C29H41N5OS. The molecule has 6 nitrogen and oxygen atoms in total. The lowest BCUT2D eigenvalue weighted by molar-refractivity contribution is 0.177. The van der Waals surface area contributed by atoms with E-state index >= 15 is 0 Å². The van der Waals surface area contributed by atoms with E-state index in [4.69, 9.17) is 15.5 Å². The van der Waals surface area contributed by atoms with Crippen molar-refractivity contribution in [2.45, 2.75) is 52.1 Å². The predicted octanol–water partition coefficient (Wildman–Crippen LogP) is 6.15. The average Bonchev–Trinajstić information content (AvgIpc) is 3.54. The van der Waals surface area contributed by atoms with Gasteiger partial charge in [0.1, 0.15) is 12.0 Å². The van der Waals surface area contributed by atoms with Crippen molar-refractivity contribution in [1.82, 2.24) is 4.90 Å². The van der Waals surface area contributed by atoms with Gasteiger partial charge in [0, 0.05) is 26.1 Å². The van der Waals surface area contributed by atoms with E-state index in [0.717, 1.165) is 48.8 Å². The van der Waals surface area contributed by atoms with Crippen LogP contribution in [0, 0.1) is 0 Å². The Morgan fingerprint density at radius 2 is 2.06 bits per heavy atom. The molecule has 0 radical (unpaired) electrons. The van der Waals surface area contributed by atoms with E-state index < -0.39 is 0 Å². The van der Waals surface area contributed by atoms with Gasteiger partial charge >= 0.3 is 0 Å². The maximum Gasteiger partial charge on any atom is 0.141 e. The number of amidine groups is 1. The third kappa shape index (κ3) is 7.21. The molecule has 0 spiro atoms. The van der Waals surface area contributed by atoms with Gasteiger partial charge in [0.05, 0.1) is 28.5 Å². The standard InChI is InChI=1S/C29H41N5OS/c1-3-10-23(11-8-19-35-4-2)21-28-32-25-22-24(31-29(30)27-12-9-20-36-27)13-14-26(25)34(28)18-17-33-15-6-5-7-16-33/h8-14,20,22,28,32H,3-7,15-19,21H2,1-2H3,(H2,30,31)/b11-8-,23-10+. The number of likely N-dealkylation sites (tertiary alicyclic amines) is 1. The molecule has 3 N–H and O–H groups in total. The second kappa shape index (κ2) is 13.6. The highest BCUT2D eigenvalue weighted by Gasteiger charge is 2.29. The van der Waals surface area contributed by atoms with Crippen LogP contribution in [-0.2, 0) is 4.74 Å². The van der Waals surface area contributed by atoms with Crippen LogP contribution < -0.4 is 16.0 Å². The lowest BCUT2D eigenvalue weighted by atomic mass is 10.1. The van der Waals surface area contributed by atoms with E-state index in [1.807, 2.05) is 24.4 Å². The Labute approximate surface area is 220 Å². The predicted molar refractivity (Wildman–Crippen MR) is 155 cm³/mol. The highest BCUT2D eigenvalue weighted by atomic mass is 32.1. The summed E-state index contributed by atoms with van der Waals surface area (Å²) < 4.78 is 5.51. The van der Waals surface area contributed by atoms with Gasteiger partial charge in [0.25, 0.3) is 0 Å². The van der Waals surface area contributed by atoms with Crippen molar-refractivity contribution in [2.75, 3.05) is 49.6 Å². The van der Waals surface area contributed by atoms with Gasteiger partial charge in [-0.3, -0.25) is 0 Å². The Morgan fingerprint density at radius 3 is 2.81 bits per heavy atom. The number of benzene rings is 1. The number of rotatable bonds is 12. The van der Waals surface area contributed by atoms with Gasteiger partial charge in [0.15, 0.2) is 0 Å². The summed E-state index contributed by atoms with van der Waals surface area (Å²) in [5, 5.41) is 5.83. The summed E-state index contributed by atoms with van der Waals surface area (Å²) in [6.07, 6.45) is 12.8. The van der Waals surface area contributed by atoms with Gasteiger partial charge < -0.3 is 25.6 Å². The zero-order chi connectivity index (χ0) is 25.2. The highest BCUT2D eigenvalue weighted by molar-refractivity contribution is 7.12. The third-order valence-electron chi connectivity index (χ3n) is 6.76. The summed E-state index contributed by atoms with van der Waals surface area (Å²) in [5.41, 5.74) is 10.9. The van der Waals surface area contributed by atoms with E-state index in [9.17, 15) is 0 Å². The summed E-state index contributed by atoms with van der Waals surface area (Å²) in [5.74, 6) is 0.564. The summed E-state index contributed by atoms with van der Waals surface area (Å²) in [6.45, 7) is 10.2. The second-order valence-corrected chi connectivity index (χ2v) is 10.3. The van der Waals surface area contributed by atoms with Crippen LogP contribution in [0.1, 0.15) is 50.8 Å². The number of anilines is 2. The van der Waals surface area contributed by atoms with Crippen molar-refractivity contribution in [3.8, 4) is 0 Å². The lowest BCUT2D eigenvalue weighted by Gasteiger charge is -2.32. The molecule has 7 heteroatoms. The summed E-state index contributed by atoms with van der Waals surface area (Å²) in [7, 11) is 0. The van der Waals surface area contributed by atoms with Crippen molar-refractivity contribution >= 4 is 34.2 Å². The van der Waals surface area contributed by atoms with Crippen LogP contribution in [0.4, 0.5) is 17.1 Å². The van der Waals surface area contributed by atoms with Gasteiger partial charge in [0.2, 0.25) is 0 Å². The molecule has 0 saturated carbocycles. The molecule has 4 rings (SSSR count). The fourth-order valence-electron chi connectivity index (χ4n) is 4.96. The second-order valence-electron chi connectivity index (χ2n) is 9.38. The van der Waals surface area contributed by atoms with E-state index in [0.29, 0.717) is 12.4 Å². The monoisotopic (exact) mass is 507 g/mol. The molecule has 1 atom stereocenters. The van der Waals surface area contributed by atoms with Crippen LogP contribution in [0.2, 0.25) is 0 Å². The highest BCUT2D eigenvalue weighted by Crippen LogP contribution is 2.39. The molecule has 1 unspecified atom stereocenters. The first-order valence-electron chi connectivity index (χ1n) is 13.4. The number of fused-ring (bicyclic) bond motifs is 1. The molecule has 2 aliphatic rings. The van der Waals surface area contributed by atoms with Crippen molar-refractivity contribution < 1.29 is 4.74 Å². The molecule has 0 aliphatic carbocycles. The Balaban J connectivity index is 1.53. The largest absolute Gasteiger partial charge is 0.383 e. The zero-order valence-electron chi connectivity index (χ0n) is 21.8. The Hall–Kier alpha value is -2.61. The summed E-state index contributed by atoms with van der Waals surface area (Å²) >= 11 is 1.61. The number of allylic oxidation sites excluding steroid dienone is 2. The van der Waals surface area contributed by atoms with Crippen LogP contribution in [-0.4, -0.2) is 56.3 Å². The molecule has 2 aromatic rings. The number of piperidine rings is 1. The van der Waals surface area contributed by atoms with Gasteiger partial charge in [-0.05, 0) is 74.5 Å². The lowest BCUT2D eigenvalue weighted by Crippen LogP contribution is -2.42. The number of hydrogen-bond acceptors (Lipinski definition) is 6. The number of nitrogens with one attached hydrogen (secondary N) is 1. The molecule has 194 valence electrons. The maximum absolute atomic E-state index is 6.27. The van der Waals surface area contributed by atoms with Crippen LogP contribution in [0.25, 0.3) is 0 Å². The van der Waals surface area contributed by atoms with Crippen LogP contribution in [0.15, 0.2) is 64.5 Å². The van der Waals surface area contributed by atoms with Crippen LogP contribution in [0.5, 0.6) is 0 Å². The van der Waals surface area contributed by atoms with Gasteiger partial charge in [-0.15, -0.1) is 11.3 Å². The fraction of sp³-hybridized carbons (Fsp3) is 0.483. The minimum absolute atomic E-state index is 0.202. The Kier molecular flexibility index (Phi) is 10.0. The van der Waals surface area contributed by atoms with Crippen molar-refractivity contribution in [1.29, 1.82) is 0 Å². The van der Waals surface area contributed by atoms with Crippen LogP contribution >= 0.6 is 11.3 Å². The molecule has 1 aromatic heterocycles. The first kappa shape index (κ1) is 26.5. The molecule has 2 aliphatic heterocycles. The third-order valence-corrected chi connectivity index (χ3v) is 7.65. The summed E-state index contributed by atoms with van der Waals surface area (Å²) in [6, 6.07) is 10.4. The molecule has 1 aromatic carbocycles. The normalized spacial score (nSPS) is 19.2.